The highest BCUT2D eigenvalue weighted by Crippen LogP contribution is 2.62. The van der Waals surface area contributed by atoms with Crippen LogP contribution in [0.3, 0.4) is 0 Å². The van der Waals surface area contributed by atoms with E-state index in [1.54, 1.807) is 0 Å². The van der Waals surface area contributed by atoms with Crippen LogP contribution in [-0.2, 0) is 5.41 Å². The van der Waals surface area contributed by atoms with Crippen molar-refractivity contribution in [2.75, 3.05) is 0 Å². The number of hydrogen-bond acceptors (Lipinski definition) is 0. The summed E-state index contributed by atoms with van der Waals surface area (Å²) < 4.78 is 0. The third-order valence-electron chi connectivity index (χ3n) is 5.84. The Morgan fingerprint density at radius 2 is 1.29 bits per heavy atom. The SMILES string of the molecule is C[C]1[CH][CH][C](C([C]2[CH][CH][C]3C=CC=C[C]32)(c2ccccc2)c2ccccc2)[CH]1. The monoisotopic (exact) mass is 358 g/mol. The summed E-state index contributed by atoms with van der Waals surface area (Å²) in [6, 6.07) is 21.8. The van der Waals surface area contributed by atoms with Crippen molar-refractivity contribution in [1.29, 1.82) is 0 Å². The Balaban J connectivity index is 1.73. The van der Waals surface area contributed by atoms with Gasteiger partial charge in [-0.2, -0.15) is 0 Å². The second kappa shape index (κ2) is 7.39. The summed E-state index contributed by atoms with van der Waals surface area (Å²) in [6.07, 6.45) is 20.1. The van der Waals surface area contributed by atoms with Crippen LogP contribution in [0.25, 0.3) is 0 Å². The molecular formula is C28H22. The Morgan fingerprint density at radius 3 is 1.89 bits per heavy atom. The van der Waals surface area contributed by atoms with E-state index in [-0.39, 0.29) is 5.41 Å². The molecule has 0 heterocycles. The fourth-order valence-corrected chi connectivity index (χ4v) is 4.62. The molecule has 2 saturated carbocycles. The Labute approximate surface area is 170 Å². The lowest BCUT2D eigenvalue weighted by Gasteiger charge is -2.46. The van der Waals surface area contributed by atoms with E-state index in [1.165, 1.54) is 40.7 Å². The first-order valence-corrected chi connectivity index (χ1v) is 9.80. The zero-order chi connectivity index (χ0) is 19.0. The van der Waals surface area contributed by atoms with Crippen LogP contribution in [-0.4, -0.2) is 0 Å². The maximum absolute atomic E-state index is 2.34. The van der Waals surface area contributed by atoms with Gasteiger partial charge in [-0.1, -0.05) is 91.9 Å². The van der Waals surface area contributed by atoms with Crippen LogP contribution in [0.5, 0.6) is 0 Å². The van der Waals surface area contributed by atoms with E-state index in [4.69, 9.17) is 0 Å². The normalized spacial score (nSPS) is 22.2. The van der Waals surface area contributed by atoms with Crippen LogP contribution in [0, 0.1) is 61.7 Å². The van der Waals surface area contributed by atoms with Crippen LogP contribution in [0.15, 0.2) is 85.0 Å². The molecule has 2 fully saturated rings. The van der Waals surface area contributed by atoms with E-state index in [0.717, 1.165) is 0 Å². The Kier molecular flexibility index (Phi) is 4.75. The van der Waals surface area contributed by atoms with Gasteiger partial charge in [0.15, 0.2) is 0 Å². The molecular weight excluding hydrogens is 336 g/mol. The van der Waals surface area contributed by atoms with E-state index in [0.29, 0.717) is 0 Å². The molecule has 0 unspecified atom stereocenters. The van der Waals surface area contributed by atoms with Crippen molar-refractivity contribution in [2.24, 2.45) is 0 Å². The molecule has 0 atom stereocenters. The molecule has 0 heteroatoms. The third-order valence-corrected chi connectivity index (χ3v) is 5.84. The predicted molar refractivity (Wildman–Crippen MR) is 115 cm³/mol. The number of allylic oxidation sites excluding steroid dienone is 4. The Bertz CT molecular complexity index is 805. The van der Waals surface area contributed by atoms with E-state index >= 15 is 0 Å². The van der Waals surface area contributed by atoms with Gasteiger partial charge in [0.1, 0.15) is 0 Å². The molecule has 3 aliphatic carbocycles. The Morgan fingerprint density at radius 1 is 0.643 bits per heavy atom. The van der Waals surface area contributed by atoms with Crippen molar-refractivity contribution >= 4 is 0 Å². The van der Waals surface area contributed by atoms with Crippen LogP contribution in [0.2, 0.25) is 0 Å². The zero-order valence-corrected chi connectivity index (χ0v) is 16.0. The van der Waals surface area contributed by atoms with Gasteiger partial charge in [0.25, 0.3) is 0 Å². The topological polar surface area (TPSA) is 0 Å². The Hall–Kier alpha value is -2.08. The van der Waals surface area contributed by atoms with Gasteiger partial charge in [0.2, 0.25) is 0 Å². The van der Waals surface area contributed by atoms with Gasteiger partial charge in [-0.15, -0.1) is 0 Å². The molecule has 134 valence electrons. The minimum Gasteiger partial charge on any atom is -0.0762 e. The molecule has 0 aromatic heterocycles. The summed E-state index contributed by atoms with van der Waals surface area (Å²) >= 11 is 0. The van der Waals surface area contributed by atoms with Crippen molar-refractivity contribution in [3.8, 4) is 0 Å². The molecule has 10 radical (unpaired) electrons. The van der Waals surface area contributed by atoms with Crippen LogP contribution in [0.4, 0.5) is 0 Å². The molecule has 2 aromatic carbocycles. The lowest BCUT2D eigenvalue weighted by atomic mass is 9.55. The number of rotatable bonds is 4. The molecule has 0 nitrogen and oxygen atoms in total. The van der Waals surface area contributed by atoms with Crippen molar-refractivity contribution in [2.45, 2.75) is 12.3 Å². The van der Waals surface area contributed by atoms with Gasteiger partial charge in [0.05, 0.1) is 0 Å². The molecule has 5 rings (SSSR count). The number of fused-ring (bicyclic) bond motifs is 1. The van der Waals surface area contributed by atoms with E-state index in [2.05, 4.69) is 124 Å². The lowest BCUT2D eigenvalue weighted by Crippen LogP contribution is -2.42. The van der Waals surface area contributed by atoms with Crippen molar-refractivity contribution in [3.63, 3.8) is 0 Å². The first kappa shape index (κ1) is 18.0. The highest BCUT2D eigenvalue weighted by molar-refractivity contribution is 5.74. The first-order chi connectivity index (χ1) is 13.8. The molecule has 0 spiro atoms. The molecule has 2 aromatic rings. The minimum atomic E-state index is -0.347. The van der Waals surface area contributed by atoms with Crippen LogP contribution in [0.1, 0.15) is 18.1 Å². The van der Waals surface area contributed by atoms with Crippen LogP contribution < -0.4 is 0 Å². The molecule has 0 bridgehead atoms. The summed E-state index contributed by atoms with van der Waals surface area (Å²) in [4.78, 5) is 0. The van der Waals surface area contributed by atoms with Gasteiger partial charge in [-0.05, 0) is 55.1 Å². The van der Waals surface area contributed by atoms with Crippen molar-refractivity contribution < 1.29 is 0 Å². The first-order valence-electron chi connectivity index (χ1n) is 9.80. The fraction of sp³-hybridized carbons (Fsp3) is 0.0714. The van der Waals surface area contributed by atoms with Crippen molar-refractivity contribution in [1.82, 2.24) is 0 Å². The summed E-state index contributed by atoms with van der Waals surface area (Å²) in [7, 11) is 0. The molecule has 0 aliphatic heterocycles. The van der Waals surface area contributed by atoms with E-state index in [1.807, 2.05) is 0 Å². The standard InChI is InChI=1S/C28H22/c1-21-16-18-25(20-21)28(23-11-4-2-5-12-23,24-13-6-3-7-14-24)27-19-17-22-10-8-9-15-26(22)27/h2-20H,1H3. The predicted octanol–water partition coefficient (Wildman–Crippen LogP) is 6.04. The summed E-state index contributed by atoms with van der Waals surface area (Å²) in [5.41, 5.74) is 2.24. The highest BCUT2D eigenvalue weighted by Gasteiger charge is 2.56. The maximum atomic E-state index is 2.34. The fourth-order valence-electron chi connectivity index (χ4n) is 4.62. The summed E-state index contributed by atoms with van der Waals surface area (Å²) in [5.74, 6) is 6.55. The highest BCUT2D eigenvalue weighted by atomic mass is 14.6. The quantitative estimate of drug-likeness (QED) is 0.625. The number of hydrogen-bond donors (Lipinski definition) is 0. The van der Waals surface area contributed by atoms with Gasteiger partial charge >= 0.3 is 0 Å². The summed E-state index contributed by atoms with van der Waals surface area (Å²) in [5, 5.41) is 0. The largest absolute Gasteiger partial charge is 0.0762 e. The van der Waals surface area contributed by atoms with E-state index in [9.17, 15) is 0 Å². The maximum Gasteiger partial charge on any atom is 0.0345 e. The van der Waals surface area contributed by atoms with Gasteiger partial charge in [-0.3, -0.25) is 0 Å². The lowest BCUT2D eigenvalue weighted by molar-refractivity contribution is 0.596. The van der Waals surface area contributed by atoms with Crippen molar-refractivity contribution in [3.05, 3.63) is 158 Å². The molecule has 3 aliphatic rings. The average molecular weight is 358 g/mol. The van der Waals surface area contributed by atoms with Crippen LogP contribution >= 0.6 is 0 Å². The third kappa shape index (κ3) is 2.81. The zero-order valence-electron chi connectivity index (χ0n) is 16.0. The second-order valence-electron chi connectivity index (χ2n) is 7.49. The number of benzene rings is 2. The smallest absolute Gasteiger partial charge is 0.0345 e. The molecule has 0 N–H and O–H groups in total. The molecule has 0 saturated heterocycles. The van der Waals surface area contributed by atoms with Gasteiger partial charge in [0, 0.05) is 23.2 Å². The molecule has 28 heavy (non-hydrogen) atoms. The second-order valence-corrected chi connectivity index (χ2v) is 7.49. The average Bonchev–Trinajstić information content (AvgIpc) is 3.38. The van der Waals surface area contributed by atoms with Gasteiger partial charge < -0.3 is 0 Å². The van der Waals surface area contributed by atoms with E-state index < -0.39 is 0 Å². The molecule has 0 amide bonds. The van der Waals surface area contributed by atoms with Gasteiger partial charge in [-0.25, -0.2) is 0 Å². The summed E-state index contributed by atoms with van der Waals surface area (Å²) in [6.45, 7) is 2.17. The minimum absolute atomic E-state index is 0.347.